The monoisotopic (exact) mass is 553 g/mol. The van der Waals surface area contributed by atoms with E-state index in [4.69, 9.17) is 0 Å². The number of hydrogen-bond acceptors (Lipinski definition) is 2. The molecular weight excluding hydrogens is 521 g/mol. The lowest BCUT2D eigenvalue weighted by atomic mass is 10.0. The highest BCUT2D eigenvalue weighted by Crippen LogP contribution is 2.23. The van der Waals surface area contributed by atoms with Crippen LogP contribution >= 0.6 is 0 Å². The minimum atomic E-state index is -0.476. The van der Waals surface area contributed by atoms with Gasteiger partial charge in [0.15, 0.2) is 17.9 Å². The Balaban J connectivity index is 0.00000200. The number of aromatic nitrogens is 2. The third-order valence-corrected chi connectivity index (χ3v) is 7.04. The van der Waals surface area contributed by atoms with Gasteiger partial charge in [-0.3, -0.25) is 9.59 Å². The van der Waals surface area contributed by atoms with Crippen LogP contribution in [0.3, 0.4) is 0 Å². The first-order chi connectivity index (χ1) is 17.6. The number of pyridine rings is 1. The van der Waals surface area contributed by atoms with E-state index in [1.54, 1.807) is 4.90 Å². The Morgan fingerprint density at radius 1 is 1.00 bits per heavy atom. The summed E-state index contributed by atoms with van der Waals surface area (Å²) in [6.07, 6.45) is 6.48. The standard InChI is InChI=1S/C29H31N5O2.2ClH/c30-24(17-21-19-32-25-13-5-4-12-23(21)25)29(36)34-16-8-14-27(34)28(35)33-26(20-9-2-1-3-10-20)18-22-11-6-7-15-31-22;;/h1-7,9-13,15,19,24,26-27,32H,8,14,16-18,30H2,(H,33,35);2*1H/t24-,26-,27-;;/m0../s1. The van der Waals surface area contributed by atoms with Crippen molar-refractivity contribution in [2.45, 2.75) is 43.8 Å². The third-order valence-electron chi connectivity index (χ3n) is 7.04. The van der Waals surface area contributed by atoms with E-state index in [1.807, 2.05) is 79.1 Å². The summed E-state index contributed by atoms with van der Waals surface area (Å²) in [6, 6.07) is 22.8. The lowest BCUT2D eigenvalue weighted by Gasteiger charge is -2.27. The quantitative estimate of drug-likeness (QED) is 0.208. The fraction of sp³-hybridized carbons (Fsp3) is 0.276. The van der Waals surface area contributed by atoms with Crippen LogP contribution in [0.1, 0.15) is 35.7 Å². The smallest absolute Gasteiger partial charge is 0.281 e. The minimum Gasteiger partial charge on any atom is -1.00 e. The van der Waals surface area contributed by atoms with E-state index in [2.05, 4.69) is 27.1 Å². The molecular formula is C29H33Cl2N5O2. The van der Waals surface area contributed by atoms with Crippen LogP contribution in [0.2, 0.25) is 0 Å². The highest BCUT2D eigenvalue weighted by Gasteiger charge is 2.38. The van der Waals surface area contributed by atoms with Gasteiger partial charge in [-0.15, -0.1) is 0 Å². The van der Waals surface area contributed by atoms with Crippen LogP contribution < -0.4 is 40.8 Å². The highest BCUT2D eigenvalue weighted by molar-refractivity contribution is 5.91. The predicted octanol–water partition coefficient (Wildman–Crippen LogP) is -3.77. The lowest BCUT2D eigenvalue weighted by molar-refractivity contribution is -0.405. The first-order valence-electron chi connectivity index (χ1n) is 12.6. The molecule has 0 bridgehead atoms. The van der Waals surface area contributed by atoms with Crippen LogP contribution in [0.15, 0.2) is 85.2 Å². The van der Waals surface area contributed by atoms with Gasteiger partial charge in [-0.05, 0) is 30.0 Å². The number of halogens is 2. The number of likely N-dealkylation sites (tertiary alicyclic amines) is 1. The number of rotatable bonds is 8. The summed E-state index contributed by atoms with van der Waals surface area (Å²) in [5.74, 6) is -0.171. The van der Waals surface area contributed by atoms with Crippen LogP contribution in [0, 0.1) is 0 Å². The molecule has 0 spiro atoms. The average molecular weight is 555 g/mol. The summed E-state index contributed by atoms with van der Waals surface area (Å²) in [6.45, 7) is 0.583. The number of benzene rings is 2. The zero-order chi connectivity index (χ0) is 24.9. The Morgan fingerprint density at radius 2 is 1.74 bits per heavy atom. The van der Waals surface area contributed by atoms with E-state index in [9.17, 15) is 9.59 Å². The first kappa shape index (κ1) is 29.2. The molecule has 5 rings (SSSR count). The molecule has 9 heteroatoms. The Bertz CT molecular complexity index is 1330. The summed E-state index contributed by atoms with van der Waals surface area (Å²) in [4.78, 5) is 35.2. The van der Waals surface area contributed by atoms with Gasteiger partial charge in [0.1, 0.15) is 6.04 Å². The second kappa shape index (κ2) is 13.4. The Labute approximate surface area is 235 Å². The van der Waals surface area contributed by atoms with Gasteiger partial charge in [-0.2, -0.15) is 0 Å². The van der Waals surface area contributed by atoms with Crippen LogP contribution in [-0.4, -0.2) is 40.3 Å². The van der Waals surface area contributed by atoms with Crippen molar-refractivity contribution >= 4 is 22.7 Å². The fourth-order valence-corrected chi connectivity index (χ4v) is 5.17. The highest BCUT2D eigenvalue weighted by atomic mass is 35.5. The zero-order valence-electron chi connectivity index (χ0n) is 21.1. The molecule has 4 aromatic rings. The molecule has 2 amide bonds. The number of nitrogens with one attached hydrogen (secondary N) is 3. The topological polar surface area (TPSA) is 107 Å². The predicted molar refractivity (Wildman–Crippen MR) is 137 cm³/mol. The van der Waals surface area contributed by atoms with Crippen molar-refractivity contribution in [1.82, 2.24) is 15.2 Å². The molecule has 200 valence electrons. The zero-order valence-corrected chi connectivity index (χ0v) is 22.6. The number of para-hydroxylation sites is 1. The van der Waals surface area contributed by atoms with Gasteiger partial charge in [-0.1, -0.05) is 54.6 Å². The average Bonchev–Trinajstić information content (AvgIpc) is 3.57. The molecule has 0 unspecified atom stereocenters. The fourth-order valence-electron chi connectivity index (χ4n) is 5.17. The largest absolute Gasteiger partial charge is 1.00 e. The Hall–Kier alpha value is -3.39. The van der Waals surface area contributed by atoms with Crippen molar-refractivity contribution in [2.24, 2.45) is 0 Å². The molecule has 0 radical (unpaired) electrons. The molecule has 1 fully saturated rings. The lowest BCUT2D eigenvalue weighted by Crippen LogP contribution is -3.00. The van der Waals surface area contributed by atoms with E-state index in [0.29, 0.717) is 25.8 Å². The Kier molecular flexibility index (Phi) is 10.3. The van der Waals surface area contributed by atoms with Gasteiger partial charge >= 0.3 is 0 Å². The van der Waals surface area contributed by atoms with Crippen molar-refractivity contribution in [3.63, 3.8) is 0 Å². The summed E-state index contributed by atoms with van der Waals surface area (Å²) < 4.78 is 0. The number of quaternary nitrogens is 1. The van der Waals surface area contributed by atoms with Crippen molar-refractivity contribution in [2.75, 3.05) is 6.54 Å². The first-order valence-corrected chi connectivity index (χ1v) is 12.6. The van der Waals surface area contributed by atoms with Crippen LogP contribution in [0.25, 0.3) is 10.9 Å². The molecule has 0 saturated carbocycles. The number of carbonyl (C=O) groups excluding carboxylic acids is 2. The van der Waals surface area contributed by atoms with Crippen molar-refractivity contribution in [1.29, 1.82) is 0 Å². The van der Waals surface area contributed by atoms with Crippen LogP contribution in [0.5, 0.6) is 0 Å². The van der Waals surface area contributed by atoms with Gasteiger partial charge in [-0.25, -0.2) is 4.98 Å². The number of carbonyl (C=O) groups is 2. The summed E-state index contributed by atoms with van der Waals surface area (Å²) in [5.41, 5.74) is 8.37. The maximum Gasteiger partial charge on any atom is 0.281 e. The Morgan fingerprint density at radius 3 is 2.50 bits per heavy atom. The number of aromatic amines is 2. The number of fused-ring (bicyclic) bond motifs is 1. The van der Waals surface area contributed by atoms with E-state index < -0.39 is 12.1 Å². The van der Waals surface area contributed by atoms with E-state index >= 15 is 0 Å². The molecule has 2 aromatic heterocycles. The van der Waals surface area contributed by atoms with E-state index in [1.165, 1.54) is 0 Å². The van der Waals surface area contributed by atoms with Gasteiger partial charge < -0.3 is 45.7 Å². The van der Waals surface area contributed by atoms with E-state index in [-0.39, 0.29) is 42.7 Å². The second-order valence-electron chi connectivity index (χ2n) is 9.51. The molecule has 3 heterocycles. The van der Waals surface area contributed by atoms with Crippen LogP contribution in [0.4, 0.5) is 0 Å². The normalized spacial score (nSPS) is 16.2. The minimum absolute atomic E-state index is 0. The molecule has 38 heavy (non-hydrogen) atoms. The SMILES string of the molecule is [Cl-].[Cl-].[NH3+][C@@H](Cc1c[nH]c2ccccc12)C(=O)N1CCC[C@H]1C(=O)N[C@@H](Cc1cccc[nH+]1)c1ccccc1. The third kappa shape index (κ3) is 6.54. The van der Waals surface area contributed by atoms with Gasteiger partial charge in [0.05, 0.1) is 12.5 Å². The summed E-state index contributed by atoms with van der Waals surface area (Å²) >= 11 is 0. The van der Waals surface area contributed by atoms with Crippen molar-refractivity contribution in [3.05, 3.63) is 102 Å². The number of nitrogens with zero attached hydrogens (tertiary/aromatic N) is 1. The number of hydrogen-bond donors (Lipinski definition) is 3. The number of amides is 2. The molecule has 3 atom stereocenters. The molecule has 0 aliphatic carbocycles. The molecule has 1 saturated heterocycles. The van der Waals surface area contributed by atoms with Gasteiger partial charge in [0.2, 0.25) is 5.91 Å². The molecule has 1 aliphatic rings. The second-order valence-corrected chi connectivity index (χ2v) is 9.51. The maximum absolute atomic E-state index is 13.5. The van der Waals surface area contributed by atoms with Crippen LogP contribution in [-0.2, 0) is 22.4 Å². The van der Waals surface area contributed by atoms with Gasteiger partial charge in [0, 0.05) is 42.2 Å². The molecule has 1 aliphatic heterocycles. The summed E-state index contributed by atoms with van der Waals surface area (Å²) in [7, 11) is 0. The molecule has 6 N–H and O–H groups in total. The summed E-state index contributed by atoms with van der Waals surface area (Å²) in [5, 5.41) is 4.35. The number of H-pyrrole nitrogens is 2. The van der Waals surface area contributed by atoms with Crippen molar-refractivity contribution < 1.29 is 45.1 Å². The van der Waals surface area contributed by atoms with E-state index in [0.717, 1.165) is 34.1 Å². The van der Waals surface area contributed by atoms with Crippen molar-refractivity contribution in [3.8, 4) is 0 Å². The molecule has 2 aromatic carbocycles. The van der Waals surface area contributed by atoms with Gasteiger partial charge in [0.25, 0.3) is 5.91 Å². The maximum atomic E-state index is 13.5. The molecule has 7 nitrogen and oxygen atoms in total.